The molecular formula is C30H60NO6P. The van der Waals surface area contributed by atoms with E-state index in [2.05, 4.69) is 13.8 Å². The van der Waals surface area contributed by atoms with Gasteiger partial charge in [0.25, 0.3) is 0 Å². The molecule has 0 aromatic heterocycles. The number of hydrogen-bond donors (Lipinski definition) is 4. The number of Topliss-reactive ketones (excluding diaryl/α,β-unsaturated/α-hetero) is 2. The zero-order valence-corrected chi connectivity index (χ0v) is 25.5. The Labute approximate surface area is 233 Å². The van der Waals surface area contributed by atoms with Gasteiger partial charge in [0.05, 0.1) is 0 Å². The average Bonchev–Trinajstić information content (AvgIpc) is 2.88. The van der Waals surface area contributed by atoms with E-state index >= 15 is 0 Å². The topological polar surface area (TPSA) is 138 Å². The summed E-state index contributed by atoms with van der Waals surface area (Å²) in [5.74, 6) is -1.69. The molecule has 0 radical (unpaired) electrons. The summed E-state index contributed by atoms with van der Waals surface area (Å²) in [6, 6.07) is 0. The Morgan fingerprint density at radius 3 is 1.21 bits per heavy atom. The number of carbonyl (C=O) groups is 2. The van der Waals surface area contributed by atoms with Crippen LogP contribution >= 0.6 is 7.60 Å². The van der Waals surface area contributed by atoms with Crippen molar-refractivity contribution in [3.05, 3.63) is 0 Å². The summed E-state index contributed by atoms with van der Waals surface area (Å²) in [4.78, 5) is 44.9. The Balaban J connectivity index is 4.28. The van der Waals surface area contributed by atoms with E-state index in [0.29, 0.717) is 12.8 Å². The lowest BCUT2D eigenvalue weighted by Gasteiger charge is -2.32. The van der Waals surface area contributed by atoms with Crippen LogP contribution in [-0.2, 0) is 14.2 Å². The molecule has 0 saturated heterocycles. The fourth-order valence-electron chi connectivity index (χ4n) is 4.97. The van der Waals surface area contributed by atoms with Crippen LogP contribution in [0.3, 0.4) is 0 Å². The molecule has 0 saturated carbocycles. The van der Waals surface area contributed by atoms with Crippen LogP contribution in [0.25, 0.3) is 0 Å². The Kier molecular flexibility index (Phi) is 22.8. The van der Waals surface area contributed by atoms with Crippen molar-refractivity contribution in [2.75, 3.05) is 0 Å². The van der Waals surface area contributed by atoms with Gasteiger partial charge in [-0.05, 0) is 12.8 Å². The van der Waals surface area contributed by atoms with E-state index in [9.17, 15) is 29.0 Å². The third-order valence-electron chi connectivity index (χ3n) is 7.68. The van der Waals surface area contributed by atoms with Gasteiger partial charge < -0.3 is 20.6 Å². The Hall–Kier alpha value is -0.590. The smallest absolute Gasteiger partial charge is 0.356 e. The molecule has 0 aliphatic carbocycles. The van der Waals surface area contributed by atoms with Gasteiger partial charge in [0, 0.05) is 12.8 Å². The number of hydrogen-bond acceptors (Lipinski definition) is 5. The second kappa shape index (κ2) is 23.1. The molecule has 8 heteroatoms. The van der Waals surface area contributed by atoms with Gasteiger partial charge in [0.1, 0.15) is 6.10 Å². The lowest BCUT2D eigenvalue weighted by Crippen LogP contribution is -2.59. The fraction of sp³-hybridized carbons (Fsp3) is 0.933. The largest absolute Gasteiger partial charge is 0.382 e. The number of rotatable bonds is 28. The maximum atomic E-state index is 12.7. The first kappa shape index (κ1) is 37.4. The first-order valence-electron chi connectivity index (χ1n) is 15.7. The zero-order valence-electron chi connectivity index (χ0n) is 24.6. The number of aliphatic hydroxyl groups excluding tert-OH is 1. The van der Waals surface area contributed by atoms with Gasteiger partial charge in [-0.25, -0.2) is 0 Å². The third kappa shape index (κ3) is 16.5. The molecule has 38 heavy (non-hydrogen) atoms. The van der Waals surface area contributed by atoms with E-state index in [1.807, 2.05) is 0 Å². The fourth-order valence-corrected chi connectivity index (χ4v) is 5.87. The normalized spacial score (nSPS) is 14.4. The molecule has 2 atom stereocenters. The Bertz CT molecular complexity index is 653. The van der Waals surface area contributed by atoms with Crippen LogP contribution in [-0.4, -0.2) is 37.8 Å². The molecule has 0 aliphatic heterocycles. The third-order valence-corrected chi connectivity index (χ3v) is 9.14. The van der Waals surface area contributed by atoms with E-state index in [1.54, 1.807) is 0 Å². The highest BCUT2D eigenvalue weighted by Crippen LogP contribution is 2.50. The molecule has 7 nitrogen and oxygen atoms in total. The molecule has 0 rings (SSSR count). The number of unbranched alkanes of at least 4 members (excludes halogenated alkanes) is 20. The van der Waals surface area contributed by atoms with Crippen LogP contribution in [0.5, 0.6) is 0 Å². The molecule has 5 N–H and O–H groups in total. The van der Waals surface area contributed by atoms with E-state index in [-0.39, 0.29) is 12.8 Å². The van der Waals surface area contributed by atoms with E-state index in [4.69, 9.17) is 5.73 Å². The molecular weight excluding hydrogens is 501 g/mol. The van der Waals surface area contributed by atoms with Crippen molar-refractivity contribution in [3.8, 4) is 0 Å². The number of aliphatic hydroxyl groups is 1. The summed E-state index contributed by atoms with van der Waals surface area (Å²) in [5, 5.41) is 7.63. The van der Waals surface area contributed by atoms with Gasteiger partial charge in [-0.15, -0.1) is 0 Å². The van der Waals surface area contributed by atoms with Crippen molar-refractivity contribution in [1.82, 2.24) is 0 Å². The second-order valence-electron chi connectivity index (χ2n) is 11.2. The molecule has 0 aromatic carbocycles. The van der Waals surface area contributed by atoms with Crippen molar-refractivity contribution in [1.29, 1.82) is 0 Å². The van der Waals surface area contributed by atoms with Crippen molar-refractivity contribution in [3.63, 3.8) is 0 Å². The lowest BCUT2D eigenvalue weighted by atomic mass is 9.95. The minimum Gasteiger partial charge on any atom is -0.382 e. The highest BCUT2D eigenvalue weighted by atomic mass is 31.2. The molecule has 2 unspecified atom stereocenters. The van der Waals surface area contributed by atoms with Crippen LogP contribution < -0.4 is 5.73 Å². The van der Waals surface area contributed by atoms with E-state index in [1.165, 1.54) is 83.5 Å². The first-order chi connectivity index (χ1) is 18.1. The van der Waals surface area contributed by atoms with Crippen LogP contribution in [0.15, 0.2) is 0 Å². The van der Waals surface area contributed by atoms with Gasteiger partial charge in [-0.2, -0.15) is 0 Å². The monoisotopic (exact) mass is 561 g/mol. The summed E-state index contributed by atoms with van der Waals surface area (Å²) < 4.78 is 12.1. The predicted octanol–water partition coefficient (Wildman–Crippen LogP) is 7.72. The zero-order chi connectivity index (χ0) is 28.7. The Morgan fingerprint density at radius 1 is 0.605 bits per heavy atom. The summed E-state index contributed by atoms with van der Waals surface area (Å²) in [6.45, 7) is 4.42. The minimum atomic E-state index is -5.25. The molecule has 0 amide bonds. The summed E-state index contributed by atoms with van der Waals surface area (Å²) in [7, 11) is -5.25. The highest BCUT2D eigenvalue weighted by molar-refractivity contribution is 7.55. The molecule has 0 bridgehead atoms. The van der Waals surface area contributed by atoms with E-state index in [0.717, 1.165) is 44.9 Å². The lowest BCUT2D eigenvalue weighted by molar-refractivity contribution is -0.136. The summed E-state index contributed by atoms with van der Waals surface area (Å²) >= 11 is 0. The summed E-state index contributed by atoms with van der Waals surface area (Å²) in [5.41, 5.74) is 5.84. The molecule has 0 aliphatic rings. The van der Waals surface area contributed by atoms with Gasteiger partial charge in [-0.1, -0.05) is 142 Å². The second-order valence-corrected chi connectivity index (χ2v) is 13.1. The van der Waals surface area contributed by atoms with Crippen LogP contribution in [0.1, 0.15) is 168 Å². The molecule has 0 spiro atoms. The van der Waals surface area contributed by atoms with E-state index < -0.39 is 30.5 Å². The maximum absolute atomic E-state index is 12.7. The maximum Gasteiger partial charge on any atom is 0.356 e. The standard InChI is InChI=1S/C30H60NO6P/c1-3-5-7-9-11-13-15-17-19-21-23-25-27(32)29(34)30(31,38(35,36)37)28(33)26-24-22-20-18-16-14-12-10-8-6-4-2/h29,34H,3-26,31H2,1-2H3,(H2,35,36,37). The van der Waals surface area contributed by atoms with Crippen LogP contribution in [0.4, 0.5) is 0 Å². The number of carbonyl (C=O) groups excluding carboxylic acids is 2. The Morgan fingerprint density at radius 2 is 0.895 bits per heavy atom. The SMILES string of the molecule is CCCCCCCCCCCCCC(=O)C(O)C(N)(C(=O)CCCCCCCCCCCCC)P(=O)(O)O. The summed E-state index contributed by atoms with van der Waals surface area (Å²) in [6.07, 6.45) is 21.7. The number of ketones is 2. The average molecular weight is 562 g/mol. The molecule has 226 valence electrons. The number of nitrogens with two attached hydrogens (primary N) is 1. The highest BCUT2D eigenvalue weighted by Gasteiger charge is 2.57. The predicted molar refractivity (Wildman–Crippen MR) is 157 cm³/mol. The molecule has 0 fully saturated rings. The van der Waals surface area contributed by atoms with Crippen molar-refractivity contribution >= 4 is 19.2 Å². The molecule has 0 heterocycles. The van der Waals surface area contributed by atoms with Crippen LogP contribution in [0, 0.1) is 0 Å². The quantitative estimate of drug-likeness (QED) is 0.0566. The van der Waals surface area contributed by atoms with Gasteiger partial charge in [0.15, 0.2) is 11.6 Å². The minimum absolute atomic E-state index is 0.0388. The van der Waals surface area contributed by atoms with Crippen molar-refractivity contribution in [2.45, 2.75) is 179 Å². The van der Waals surface area contributed by atoms with Gasteiger partial charge in [-0.3, -0.25) is 14.2 Å². The van der Waals surface area contributed by atoms with Crippen molar-refractivity contribution in [2.24, 2.45) is 5.73 Å². The first-order valence-corrected chi connectivity index (χ1v) is 17.3. The van der Waals surface area contributed by atoms with Crippen LogP contribution in [0.2, 0.25) is 0 Å². The van der Waals surface area contributed by atoms with Gasteiger partial charge >= 0.3 is 7.60 Å². The molecule has 0 aromatic rings. The van der Waals surface area contributed by atoms with Gasteiger partial charge in [0.2, 0.25) is 5.28 Å². The van der Waals surface area contributed by atoms with Crippen molar-refractivity contribution < 1.29 is 29.0 Å².